The number of piperidine rings is 1. The minimum absolute atomic E-state index is 0.0266. The van der Waals surface area contributed by atoms with E-state index < -0.39 is 10.0 Å². The molecule has 29 heavy (non-hydrogen) atoms. The quantitative estimate of drug-likeness (QED) is 0.752. The Labute approximate surface area is 174 Å². The number of amides is 1. The zero-order chi connectivity index (χ0) is 21.1. The van der Waals surface area contributed by atoms with Crippen LogP contribution in [0, 0.1) is 12.8 Å². The van der Waals surface area contributed by atoms with E-state index >= 15 is 0 Å². The van der Waals surface area contributed by atoms with Crippen LogP contribution in [0.1, 0.15) is 32.3 Å². The van der Waals surface area contributed by atoms with E-state index in [1.54, 1.807) is 12.1 Å². The van der Waals surface area contributed by atoms with Crippen LogP contribution in [0.4, 0.5) is 0 Å². The van der Waals surface area contributed by atoms with Gasteiger partial charge in [-0.1, -0.05) is 17.7 Å². The van der Waals surface area contributed by atoms with Gasteiger partial charge in [0.15, 0.2) is 0 Å². The van der Waals surface area contributed by atoms with Crippen molar-refractivity contribution >= 4 is 15.9 Å². The number of ether oxygens (including phenoxy) is 1. The summed E-state index contributed by atoms with van der Waals surface area (Å²) in [6.07, 6.45) is 1.10. The second-order valence-electron chi connectivity index (χ2n) is 8.62. The number of benzene rings is 1. The highest BCUT2D eigenvalue weighted by molar-refractivity contribution is 7.89. The Kier molecular flexibility index (Phi) is 6.98. The zero-order valence-electron chi connectivity index (χ0n) is 17.7. The van der Waals surface area contributed by atoms with Crippen LogP contribution in [0.3, 0.4) is 0 Å². The van der Waals surface area contributed by atoms with Gasteiger partial charge in [-0.05, 0) is 45.7 Å². The summed E-state index contributed by atoms with van der Waals surface area (Å²) < 4.78 is 32.5. The second-order valence-corrected chi connectivity index (χ2v) is 10.6. The van der Waals surface area contributed by atoms with Gasteiger partial charge >= 0.3 is 0 Å². The van der Waals surface area contributed by atoms with Crippen molar-refractivity contribution in [3.8, 4) is 0 Å². The molecule has 8 heteroatoms. The van der Waals surface area contributed by atoms with Gasteiger partial charge in [-0.25, -0.2) is 8.42 Å². The van der Waals surface area contributed by atoms with Crippen LogP contribution in [-0.2, 0) is 19.6 Å². The number of morpholine rings is 1. The van der Waals surface area contributed by atoms with Crippen LogP contribution < -0.4 is 5.32 Å². The van der Waals surface area contributed by atoms with Crippen LogP contribution in [0.15, 0.2) is 29.2 Å². The second kappa shape index (κ2) is 9.12. The molecule has 162 valence electrons. The fourth-order valence-electron chi connectivity index (χ4n) is 3.95. The van der Waals surface area contributed by atoms with Gasteiger partial charge in [-0.2, -0.15) is 4.31 Å². The van der Waals surface area contributed by atoms with Gasteiger partial charge in [0.1, 0.15) is 0 Å². The molecule has 3 rings (SSSR count). The summed E-state index contributed by atoms with van der Waals surface area (Å²) in [6.45, 7) is 10.7. The number of rotatable bonds is 6. The van der Waals surface area contributed by atoms with Gasteiger partial charge in [-0.3, -0.25) is 9.69 Å². The third kappa shape index (κ3) is 5.36. The van der Waals surface area contributed by atoms with E-state index in [1.165, 1.54) is 4.31 Å². The van der Waals surface area contributed by atoms with Crippen LogP contribution in [0.25, 0.3) is 0 Å². The molecule has 1 amide bonds. The molecule has 2 aliphatic rings. The largest absolute Gasteiger partial charge is 0.379 e. The Morgan fingerprint density at radius 1 is 1.10 bits per heavy atom. The average molecular weight is 424 g/mol. The number of carbonyl (C=O) groups is 1. The summed E-state index contributed by atoms with van der Waals surface area (Å²) in [7, 11) is -3.49. The maximum Gasteiger partial charge on any atom is 0.243 e. The molecule has 2 saturated heterocycles. The molecule has 2 heterocycles. The number of aryl methyl sites for hydroxylation is 1. The summed E-state index contributed by atoms with van der Waals surface area (Å²) in [5.41, 5.74) is 0.897. The first-order valence-corrected chi connectivity index (χ1v) is 11.8. The molecule has 0 atom stereocenters. The van der Waals surface area contributed by atoms with Crippen molar-refractivity contribution < 1.29 is 17.9 Å². The fraction of sp³-hybridized carbons (Fsp3) is 0.667. The lowest BCUT2D eigenvalue weighted by Crippen LogP contribution is -2.56. The standard InChI is InChI=1S/C21H33N3O4S/c1-17-4-6-19(7-5-17)29(26,27)24-10-8-18(9-11-24)20(25)22-16-21(2,3)23-12-14-28-15-13-23/h4-7,18H,8-16H2,1-3H3,(H,22,25). The van der Waals surface area contributed by atoms with Crippen molar-refractivity contribution in [1.82, 2.24) is 14.5 Å². The third-order valence-electron chi connectivity index (χ3n) is 6.05. The molecule has 1 aromatic rings. The molecule has 7 nitrogen and oxygen atoms in total. The number of nitrogens with one attached hydrogen (secondary N) is 1. The molecular formula is C21H33N3O4S. The highest BCUT2D eigenvalue weighted by Crippen LogP contribution is 2.24. The van der Waals surface area contributed by atoms with Crippen molar-refractivity contribution in [3.05, 3.63) is 29.8 Å². The monoisotopic (exact) mass is 423 g/mol. The highest BCUT2D eigenvalue weighted by Gasteiger charge is 2.33. The van der Waals surface area contributed by atoms with Gasteiger partial charge in [0.2, 0.25) is 15.9 Å². The number of nitrogens with zero attached hydrogens (tertiary/aromatic N) is 2. The van der Waals surface area contributed by atoms with Gasteiger partial charge in [0.05, 0.1) is 18.1 Å². The molecule has 0 unspecified atom stereocenters. The lowest BCUT2D eigenvalue weighted by atomic mass is 9.96. The summed E-state index contributed by atoms with van der Waals surface area (Å²) >= 11 is 0. The van der Waals surface area contributed by atoms with Crippen LogP contribution in [0.5, 0.6) is 0 Å². The minimum atomic E-state index is -3.49. The molecular weight excluding hydrogens is 390 g/mol. The third-order valence-corrected chi connectivity index (χ3v) is 7.96. The van der Waals surface area contributed by atoms with Gasteiger partial charge in [-0.15, -0.1) is 0 Å². The Hall–Kier alpha value is -1.48. The summed E-state index contributed by atoms with van der Waals surface area (Å²) in [6, 6.07) is 6.92. The van der Waals surface area contributed by atoms with Gasteiger partial charge in [0, 0.05) is 44.2 Å². The predicted molar refractivity (Wildman–Crippen MR) is 112 cm³/mol. The Balaban J connectivity index is 1.51. The van der Waals surface area contributed by atoms with E-state index in [-0.39, 0.29) is 17.4 Å². The normalized spacial score (nSPS) is 20.5. The van der Waals surface area contributed by atoms with Gasteiger partial charge < -0.3 is 10.1 Å². The Morgan fingerprint density at radius 2 is 1.69 bits per heavy atom. The maximum absolute atomic E-state index is 12.8. The van der Waals surface area contributed by atoms with Crippen molar-refractivity contribution in [2.75, 3.05) is 45.9 Å². The van der Waals surface area contributed by atoms with E-state index in [4.69, 9.17) is 4.74 Å². The first-order chi connectivity index (χ1) is 13.7. The topological polar surface area (TPSA) is 79.0 Å². The number of sulfonamides is 1. The van der Waals surface area contributed by atoms with Crippen LogP contribution in [-0.4, -0.2) is 75.0 Å². The van der Waals surface area contributed by atoms with Gasteiger partial charge in [0.25, 0.3) is 0 Å². The SMILES string of the molecule is Cc1ccc(S(=O)(=O)N2CCC(C(=O)NCC(C)(C)N3CCOCC3)CC2)cc1. The van der Waals surface area contributed by atoms with Crippen molar-refractivity contribution in [2.45, 2.75) is 44.0 Å². The molecule has 0 aliphatic carbocycles. The number of hydrogen-bond donors (Lipinski definition) is 1. The lowest BCUT2D eigenvalue weighted by molar-refractivity contribution is -0.126. The number of carbonyl (C=O) groups excluding carboxylic acids is 1. The smallest absolute Gasteiger partial charge is 0.243 e. The summed E-state index contributed by atoms with van der Waals surface area (Å²) in [5.74, 6) is -0.112. The average Bonchev–Trinajstić information content (AvgIpc) is 2.73. The molecule has 2 aliphatic heterocycles. The van der Waals surface area contributed by atoms with E-state index in [1.807, 2.05) is 19.1 Å². The zero-order valence-corrected chi connectivity index (χ0v) is 18.5. The molecule has 0 bridgehead atoms. The Morgan fingerprint density at radius 3 is 2.28 bits per heavy atom. The first-order valence-electron chi connectivity index (χ1n) is 10.4. The molecule has 2 fully saturated rings. The molecule has 1 aromatic carbocycles. The number of hydrogen-bond acceptors (Lipinski definition) is 5. The van der Waals surface area contributed by atoms with E-state index in [0.29, 0.717) is 37.4 Å². The lowest BCUT2D eigenvalue weighted by Gasteiger charge is -2.41. The highest BCUT2D eigenvalue weighted by atomic mass is 32.2. The van der Waals surface area contributed by atoms with Crippen LogP contribution in [0.2, 0.25) is 0 Å². The molecule has 0 radical (unpaired) electrons. The maximum atomic E-state index is 12.8. The van der Waals surface area contributed by atoms with E-state index in [0.717, 1.165) is 31.9 Å². The molecule has 0 saturated carbocycles. The van der Waals surface area contributed by atoms with Crippen molar-refractivity contribution in [3.63, 3.8) is 0 Å². The molecule has 1 N–H and O–H groups in total. The minimum Gasteiger partial charge on any atom is -0.379 e. The summed E-state index contributed by atoms with van der Waals surface area (Å²) in [4.78, 5) is 15.3. The fourth-order valence-corrected chi connectivity index (χ4v) is 5.42. The molecule has 0 spiro atoms. The first kappa shape index (κ1) is 22.2. The van der Waals surface area contributed by atoms with E-state index in [2.05, 4.69) is 24.1 Å². The molecule has 0 aromatic heterocycles. The van der Waals surface area contributed by atoms with Crippen molar-refractivity contribution in [1.29, 1.82) is 0 Å². The van der Waals surface area contributed by atoms with Crippen molar-refractivity contribution in [2.24, 2.45) is 5.92 Å². The summed E-state index contributed by atoms with van der Waals surface area (Å²) in [5, 5.41) is 3.09. The Bertz CT molecular complexity index is 794. The van der Waals surface area contributed by atoms with E-state index in [9.17, 15) is 13.2 Å². The van der Waals surface area contributed by atoms with Crippen LogP contribution >= 0.6 is 0 Å². The predicted octanol–water partition coefficient (Wildman–Crippen LogP) is 1.62.